The number of alkyl carbamates (subject to hydrolysis) is 2. The fourth-order valence-electron chi connectivity index (χ4n) is 7.72. The molecule has 0 aliphatic carbocycles. The third kappa shape index (κ3) is 18.5. The number of carbonyl (C=O) groups excluding carboxylic acids is 4. The summed E-state index contributed by atoms with van der Waals surface area (Å²) in [6.45, 7) is 32.9. The van der Waals surface area contributed by atoms with Gasteiger partial charge in [0.05, 0.1) is 54.4 Å². The largest absolute Gasteiger partial charge is 0.494 e. The van der Waals surface area contributed by atoms with Crippen LogP contribution in [0.25, 0.3) is 11.1 Å². The van der Waals surface area contributed by atoms with Gasteiger partial charge in [-0.3, -0.25) is 9.59 Å². The number of esters is 2. The predicted octanol–water partition coefficient (Wildman–Crippen LogP) is 14.3. The van der Waals surface area contributed by atoms with E-state index in [0.29, 0.717) is 27.2 Å². The third-order valence-corrected chi connectivity index (χ3v) is 13.6. The molecule has 0 radical (unpaired) electrons. The van der Waals surface area contributed by atoms with Gasteiger partial charge in [-0.25, -0.2) is 18.4 Å². The summed E-state index contributed by atoms with van der Waals surface area (Å²) in [5, 5.41) is 6.58. The SMILES string of the molecule is CCOC(=O)C[C@H](NC(=O)OC(C)(C)C)c1cc(-c2c(C)cc(C)cc2Cl)cc(C)c1F.CCOC(=O)C[C@H](NC(=O)OC(C)(C)C)c1cc(B2OC(C)(C)C(C)(C)O2)cc(C)c1F.Cc1cc(C)c(Br)c(Cl)c1. The highest BCUT2D eigenvalue weighted by atomic mass is 79.9. The van der Waals surface area contributed by atoms with Crippen molar-refractivity contribution in [2.45, 2.75) is 172 Å². The number of carbonyl (C=O) groups is 4. The molecule has 18 heteroatoms. The molecule has 0 spiro atoms. The van der Waals surface area contributed by atoms with Crippen molar-refractivity contribution in [3.63, 3.8) is 0 Å². The quantitative estimate of drug-likeness (QED) is 0.0798. The van der Waals surface area contributed by atoms with E-state index in [1.54, 1.807) is 93.5 Å². The normalized spacial score (nSPS) is 14.6. The molecule has 1 heterocycles. The average Bonchev–Trinajstić information content (AvgIpc) is 3.46. The first-order valence-electron chi connectivity index (χ1n) is 24.4. The molecule has 0 bridgehead atoms. The summed E-state index contributed by atoms with van der Waals surface area (Å²) in [5.41, 5.74) is 4.76. The Labute approximate surface area is 455 Å². The lowest BCUT2D eigenvalue weighted by atomic mass is 9.76. The number of aryl methyl sites for hydroxylation is 6. The number of rotatable bonds is 12. The zero-order chi connectivity index (χ0) is 56.4. The Morgan fingerprint density at radius 2 is 1.03 bits per heavy atom. The Bertz CT molecular complexity index is 2610. The third-order valence-electron chi connectivity index (χ3n) is 11.7. The first-order chi connectivity index (χ1) is 34.0. The zero-order valence-corrected chi connectivity index (χ0v) is 49.2. The highest BCUT2D eigenvalue weighted by Gasteiger charge is 2.52. The van der Waals surface area contributed by atoms with Gasteiger partial charge in [-0.1, -0.05) is 47.5 Å². The van der Waals surface area contributed by atoms with Gasteiger partial charge >= 0.3 is 31.2 Å². The Balaban J connectivity index is 0.000000328. The molecule has 12 nitrogen and oxygen atoms in total. The highest BCUT2D eigenvalue weighted by molar-refractivity contribution is 9.10. The minimum atomic E-state index is -0.995. The number of ether oxygens (including phenoxy) is 4. The van der Waals surface area contributed by atoms with E-state index < -0.39 is 77.4 Å². The molecule has 0 saturated carbocycles. The van der Waals surface area contributed by atoms with Crippen molar-refractivity contribution in [3.8, 4) is 11.1 Å². The van der Waals surface area contributed by atoms with E-state index in [0.717, 1.165) is 26.2 Å². The molecule has 2 amide bonds. The minimum absolute atomic E-state index is 0.133. The van der Waals surface area contributed by atoms with E-state index in [1.165, 1.54) is 11.1 Å². The Kier molecular flexibility index (Phi) is 22.6. The van der Waals surface area contributed by atoms with Crippen molar-refractivity contribution >= 4 is 75.8 Å². The lowest BCUT2D eigenvalue weighted by Crippen LogP contribution is -2.41. The van der Waals surface area contributed by atoms with Gasteiger partial charge in [0, 0.05) is 26.2 Å². The van der Waals surface area contributed by atoms with Gasteiger partial charge in [0.25, 0.3) is 0 Å². The van der Waals surface area contributed by atoms with Crippen LogP contribution in [0, 0.1) is 53.2 Å². The molecule has 4 aromatic carbocycles. The molecule has 4 aromatic rings. The summed E-state index contributed by atoms with van der Waals surface area (Å²) in [7, 11) is -0.720. The van der Waals surface area contributed by atoms with Crippen molar-refractivity contribution in [1.82, 2.24) is 10.6 Å². The van der Waals surface area contributed by atoms with E-state index in [4.69, 9.17) is 51.5 Å². The van der Waals surface area contributed by atoms with Crippen molar-refractivity contribution in [3.05, 3.63) is 119 Å². The number of nitrogens with one attached hydrogen (secondary N) is 2. The van der Waals surface area contributed by atoms with Crippen LogP contribution >= 0.6 is 39.1 Å². The second-order valence-electron chi connectivity index (χ2n) is 21.3. The smallest absolute Gasteiger partial charge is 0.466 e. The highest BCUT2D eigenvalue weighted by Crippen LogP contribution is 2.38. The molecule has 406 valence electrons. The van der Waals surface area contributed by atoms with Crippen LogP contribution in [-0.2, 0) is 37.8 Å². The monoisotopic (exact) mass is 1130 g/mol. The average molecular weight is 1130 g/mol. The van der Waals surface area contributed by atoms with Crippen molar-refractivity contribution in [2.24, 2.45) is 0 Å². The minimum Gasteiger partial charge on any atom is -0.466 e. The number of benzene rings is 4. The van der Waals surface area contributed by atoms with Crippen molar-refractivity contribution in [2.75, 3.05) is 13.2 Å². The summed E-state index contributed by atoms with van der Waals surface area (Å²) in [4.78, 5) is 49.3. The molecule has 2 N–H and O–H groups in total. The molecule has 1 saturated heterocycles. The summed E-state index contributed by atoms with van der Waals surface area (Å²) < 4.78 is 64.4. The maximum absolute atomic E-state index is 15.3. The molecular weight excluding hydrogens is 1060 g/mol. The fourth-order valence-corrected chi connectivity index (χ4v) is 8.70. The van der Waals surface area contributed by atoms with Gasteiger partial charge < -0.3 is 38.9 Å². The summed E-state index contributed by atoms with van der Waals surface area (Å²) in [5.74, 6) is -2.16. The van der Waals surface area contributed by atoms with E-state index in [9.17, 15) is 19.2 Å². The Morgan fingerprint density at radius 3 is 1.43 bits per heavy atom. The molecular formula is C56H74BBrCl2F2N2O10. The molecule has 0 unspecified atom stereocenters. The molecule has 1 aliphatic rings. The molecule has 5 rings (SSSR count). The van der Waals surface area contributed by atoms with E-state index in [1.807, 2.05) is 73.6 Å². The fraction of sp³-hybridized carbons (Fsp3) is 0.500. The molecule has 1 fully saturated rings. The van der Waals surface area contributed by atoms with Crippen LogP contribution in [0.15, 0.2) is 53.0 Å². The number of hydrogen-bond donors (Lipinski definition) is 2. The first-order valence-corrected chi connectivity index (χ1v) is 26.0. The maximum Gasteiger partial charge on any atom is 0.494 e. The second kappa shape index (κ2) is 26.4. The van der Waals surface area contributed by atoms with Crippen LogP contribution in [-0.4, -0.2) is 66.9 Å². The molecule has 0 aromatic heterocycles. The summed E-state index contributed by atoms with van der Waals surface area (Å²) in [6, 6.07) is 12.4. The second-order valence-corrected chi connectivity index (χ2v) is 22.9. The first kappa shape index (κ1) is 63.6. The van der Waals surface area contributed by atoms with Crippen molar-refractivity contribution in [1.29, 1.82) is 0 Å². The molecule has 2 atom stereocenters. The standard InChI is InChI=1S/C25H31ClFNO4.C23H35BFNO6.C8H8BrCl/c1-8-31-21(29)13-20(28-24(30)32-25(5,6)7)18-12-17(11-16(4)23(18)27)22-15(3)9-14(2)10-19(22)26;1-10-29-18(27)13-17(26-20(28)30-21(3,4)5)16-12-15(11-14(2)19(16)25)24-31-22(6,7)23(8,9)32-24;1-5-3-6(2)8(9)7(10)4-5/h9-12,20H,8,13H2,1-7H3,(H,28,30);11-12,17H,10,13H2,1-9H3,(H,26,28);3-4H,1-2H3/t20-;17-;/m00./s1. The zero-order valence-electron chi connectivity index (χ0n) is 46.2. The van der Waals surface area contributed by atoms with Crippen LogP contribution in [0.5, 0.6) is 0 Å². The van der Waals surface area contributed by atoms with Gasteiger partial charge in [-0.2, -0.15) is 0 Å². The Morgan fingerprint density at radius 1 is 0.622 bits per heavy atom. The predicted molar refractivity (Wildman–Crippen MR) is 293 cm³/mol. The van der Waals surface area contributed by atoms with E-state index >= 15 is 8.78 Å². The number of amides is 2. The number of hydrogen-bond acceptors (Lipinski definition) is 10. The van der Waals surface area contributed by atoms with Crippen LogP contribution in [0.3, 0.4) is 0 Å². The van der Waals surface area contributed by atoms with Crippen LogP contribution in [0.2, 0.25) is 10.0 Å². The van der Waals surface area contributed by atoms with Crippen molar-refractivity contribution < 1.29 is 56.2 Å². The van der Waals surface area contributed by atoms with E-state index in [2.05, 4.69) is 32.6 Å². The molecule has 1 aliphatic heterocycles. The summed E-state index contributed by atoms with van der Waals surface area (Å²) >= 11 is 15.8. The molecule has 74 heavy (non-hydrogen) atoms. The van der Waals surface area contributed by atoms with Gasteiger partial charge in [0.15, 0.2) is 0 Å². The van der Waals surface area contributed by atoms with Crippen LogP contribution in [0.1, 0.15) is 153 Å². The lowest BCUT2D eigenvalue weighted by molar-refractivity contribution is -0.144. The number of halogens is 5. The van der Waals surface area contributed by atoms with Crippen LogP contribution < -0.4 is 16.1 Å². The topological polar surface area (TPSA) is 148 Å². The van der Waals surface area contributed by atoms with Gasteiger partial charge in [0.2, 0.25) is 0 Å². The lowest BCUT2D eigenvalue weighted by Gasteiger charge is -2.32. The van der Waals surface area contributed by atoms with Gasteiger partial charge in [0.1, 0.15) is 22.8 Å². The Hall–Kier alpha value is -4.74. The van der Waals surface area contributed by atoms with Gasteiger partial charge in [-0.15, -0.1) is 0 Å². The van der Waals surface area contributed by atoms with E-state index in [-0.39, 0.29) is 37.2 Å². The summed E-state index contributed by atoms with van der Waals surface area (Å²) in [6.07, 6.45) is -2.01. The maximum atomic E-state index is 15.3. The van der Waals surface area contributed by atoms with Gasteiger partial charge in [-0.05, 0) is 209 Å². The van der Waals surface area contributed by atoms with Crippen LogP contribution in [0.4, 0.5) is 18.4 Å².